The number of hydrogen-bond acceptors (Lipinski definition) is 4. The molecule has 1 fully saturated rings. The van der Waals surface area contributed by atoms with E-state index in [9.17, 15) is 15.0 Å². The quantitative estimate of drug-likeness (QED) is 0.815. The van der Waals surface area contributed by atoms with Gasteiger partial charge in [0.15, 0.2) is 6.61 Å². The molecule has 2 atom stereocenters. The Balaban J connectivity index is 1.86. The van der Waals surface area contributed by atoms with E-state index in [1.54, 1.807) is 6.07 Å². The maximum absolute atomic E-state index is 11.8. The largest absolute Gasteiger partial charge is 0.484 e. The number of nitrogens with zero attached hydrogens (tertiary/aromatic N) is 1. The fourth-order valence-corrected chi connectivity index (χ4v) is 2.06. The van der Waals surface area contributed by atoms with Crippen molar-refractivity contribution >= 4 is 5.91 Å². The van der Waals surface area contributed by atoms with Crippen molar-refractivity contribution in [2.24, 2.45) is 0 Å². The van der Waals surface area contributed by atoms with Crippen molar-refractivity contribution in [2.75, 3.05) is 19.7 Å². The second-order valence-corrected chi connectivity index (χ2v) is 4.72. The lowest BCUT2D eigenvalue weighted by Gasteiger charge is -2.15. The molecule has 2 rings (SSSR count). The summed E-state index contributed by atoms with van der Waals surface area (Å²) in [6.07, 6.45) is -0.796. The van der Waals surface area contributed by atoms with E-state index in [0.29, 0.717) is 5.75 Å². The number of hydrogen-bond donors (Lipinski definition) is 2. The number of likely N-dealkylation sites (tertiary alicyclic amines) is 1. The summed E-state index contributed by atoms with van der Waals surface area (Å²) in [5, 5.41) is 18.8. The van der Waals surface area contributed by atoms with Crippen molar-refractivity contribution < 1.29 is 19.7 Å². The molecular weight excluding hydrogens is 246 g/mol. The molecule has 0 aliphatic carbocycles. The third-order valence-corrected chi connectivity index (χ3v) is 3.28. The Morgan fingerprint density at radius 1 is 1.37 bits per heavy atom. The van der Waals surface area contributed by atoms with Crippen molar-refractivity contribution in [3.05, 3.63) is 29.8 Å². The van der Waals surface area contributed by atoms with E-state index in [2.05, 4.69) is 6.92 Å². The van der Waals surface area contributed by atoms with Gasteiger partial charge < -0.3 is 19.8 Å². The van der Waals surface area contributed by atoms with Gasteiger partial charge in [-0.15, -0.1) is 0 Å². The molecule has 0 saturated carbocycles. The van der Waals surface area contributed by atoms with Gasteiger partial charge in [0.05, 0.1) is 12.2 Å². The Morgan fingerprint density at radius 3 is 2.68 bits per heavy atom. The van der Waals surface area contributed by atoms with Gasteiger partial charge in [-0.1, -0.05) is 19.1 Å². The zero-order valence-corrected chi connectivity index (χ0v) is 11.0. The van der Waals surface area contributed by atoms with Gasteiger partial charge in [-0.25, -0.2) is 0 Å². The van der Waals surface area contributed by atoms with Crippen molar-refractivity contribution in [1.29, 1.82) is 0 Å². The second-order valence-electron chi connectivity index (χ2n) is 4.72. The maximum atomic E-state index is 11.8. The highest BCUT2D eigenvalue weighted by molar-refractivity contribution is 5.78. The number of β-amino-alcohol motifs (C(OH)–C–C–N with tert-alkyl or cyclic N) is 2. The van der Waals surface area contributed by atoms with Crippen LogP contribution < -0.4 is 4.74 Å². The molecule has 2 N–H and O–H groups in total. The minimum absolute atomic E-state index is 0.0768. The average Bonchev–Trinajstić information content (AvgIpc) is 2.76. The van der Waals surface area contributed by atoms with Crippen LogP contribution in [0.25, 0.3) is 0 Å². The van der Waals surface area contributed by atoms with Crippen molar-refractivity contribution in [2.45, 2.75) is 25.6 Å². The van der Waals surface area contributed by atoms with Crippen LogP contribution in [0.2, 0.25) is 0 Å². The summed E-state index contributed by atoms with van der Waals surface area (Å²) in [7, 11) is 0. The number of aryl methyl sites for hydroxylation is 1. The number of rotatable bonds is 4. The number of benzene rings is 1. The lowest BCUT2D eigenvalue weighted by Crippen LogP contribution is -2.33. The molecule has 19 heavy (non-hydrogen) atoms. The molecule has 104 valence electrons. The molecule has 5 nitrogen and oxygen atoms in total. The number of aliphatic hydroxyl groups excluding tert-OH is 2. The van der Waals surface area contributed by atoms with E-state index in [-0.39, 0.29) is 25.6 Å². The van der Waals surface area contributed by atoms with Gasteiger partial charge in [0.25, 0.3) is 5.91 Å². The van der Waals surface area contributed by atoms with Crippen LogP contribution in [0.3, 0.4) is 0 Å². The SMILES string of the molecule is CCc1cccc(OCC(=O)N2CC(O)C(O)C2)c1. The molecule has 1 aliphatic heterocycles. The Bertz CT molecular complexity index is 439. The van der Waals surface area contributed by atoms with Gasteiger partial charge in [-0.3, -0.25) is 4.79 Å². The monoisotopic (exact) mass is 265 g/mol. The van der Waals surface area contributed by atoms with Crippen LogP contribution in [-0.2, 0) is 11.2 Å². The molecule has 5 heteroatoms. The van der Waals surface area contributed by atoms with Gasteiger partial charge in [0.2, 0.25) is 0 Å². The van der Waals surface area contributed by atoms with E-state index in [4.69, 9.17) is 4.74 Å². The third kappa shape index (κ3) is 3.45. The molecule has 1 heterocycles. The van der Waals surface area contributed by atoms with Gasteiger partial charge in [-0.2, -0.15) is 0 Å². The Kier molecular flexibility index (Phi) is 4.39. The summed E-state index contributed by atoms with van der Waals surface area (Å²) in [4.78, 5) is 13.3. The number of carbonyl (C=O) groups is 1. The molecule has 0 spiro atoms. The van der Waals surface area contributed by atoms with Crippen molar-refractivity contribution in [3.8, 4) is 5.75 Å². The predicted octanol–water partition coefficient (Wildman–Crippen LogP) is 0.192. The first kappa shape index (κ1) is 13.8. The molecule has 0 bridgehead atoms. The average molecular weight is 265 g/mol. The van der Waals surface area contributed by atoms with Crippen LogP contribution in [-0.4, -0.2) is 52.9 Å². The lowest BCUT2D eigenvalue weighted by atomic mass is 10.2. The van der Waals surface area contributed by atoms with Gasteiger partial charge in [0.1, 0.15) is 5.75 Å². The van der Waals surface area contributed by atoms with E-state index in [1.165, 1.54) is 4.90 Å². The number of carbonyl (C=O) groups excluding carboxylic acids is 1. The normalized spacial score (nSPS) is 22.6. The van der Waals surface area contributed by atoms with Crippen molar-refractivity contribution in [3.63, 3.8) is 0 Å². The van der Waals surface area contributed by atoms with Crippen LogP contribution in [0, 0.1) is 0 Å². The van der Waals surface area contributed by atoms with Crippen LogP contribution in [0.5, 0.6) is 5.75 Å². The summed E-state index contributed by atoms with van der Waals surface area (Å²) >= 11 is 0. The maximum Gasteiger partial charge on any atom is 0.260 e. The number of amides is 1. The summed E-state index contributed by atoms with van der Waals surface area (Å²) in [5.74, 6) is 0.436. The van der Waals surface area contributed by atoms with Crippen LogP contribution >= 0.6 is 0 Å². The number of aliphatic hydroxyl groups is 2. The second kappa shape index (κ2) is 6.04. The highest BCUT2D eigenvalue weighted by atomic mass is 16.5. The summed E-state index contributed by atoms with van der Waals surface area (Å²) in [5.41, 5.74) is 1.15. The molecule has 0 radical (unpaired) electrons. The summed E-state index contributed by atoms with van der Waals surface area (Å²) in [6, 6.07) is 7.60. The Labute approximate surface area is 112 Å². The van der Waals surface area contributed by atoms with Crippen LogP contribution in [0.1, 0.15) is 12.5 Å². The fourth-order valence-electron chi connectivity index (χ4n) is 2.06. The van der Waals surface area contributed by atoms with E-state index in [1.807, 2.05) is 18.2 Å². The zero-order valence-electron chi connectivity index (χ0n) is 11.0. The van der Waals surface area contributed by atoms with Gasteiger partial charge in [0, 0.05) is 13.1 Å². The highest BCUT2D eigenvalue weighted by Gasteiger charge is 2.32. The smallest absolute Gasteiger partial charge is 0.260 e. The first-order valence-electron chi connectivity index (χ1n) is 6.45. The fraction of sp³-hybridized carbons (Fsp3) is 0.500. The van der Waals surface area contributed by atoms with Crippen molar-refractivity contribution in [1.82, 2.24) is 4.90 Å². The molecule has 0 aromatic heterocycles. The molecule has 1 saturated heterocycles. The minimum Gasteiger partial charge on any atom is -0.484 e. The minimum atomic E-state index is -0.854. The highest BCUT2D eigenvalue weighted by Crippen LogP contribution is 2.15. The number of ether oxygens (including phenoxy) is 1. The van der Waals surface area contributed by atoms with E-state index >= 15 is 0 Å². The Hall–Kier alpha value is -1.59. The first-order chi connectivity index (χ1) is 9.10. The molecule has 1 aromatic carbocycles. The zero-order chi connectivity index (χ0) is 13.8. The first-order valence-corrected chi connectivity index (χ1v) is 6.45. The van der Waals surface area contributed by atoms with Gasteiger partial charge >= 0.3 is 0 Å². The molecule has 1 amide bonds. The summed E-state index contributed by atoms with van der Waals surface area (Å²) in [6.45, 7) is 2.31. The molecule has 1 aromatic rings. The van der Waals surface area contributed by atoms with Crippen LogP contribution in [0.4, 0.5) is 0 Å². The summed E-state index contributed by atoms with van der Waals surface area (Å²) < 4.78 is 5.44. The molecule has 1 aliphatic rings. The van der Waals surface area contributed by atoms with Gasteiger partial charge in [-0.05, 0) is 24.1 Å². The van der Waals surface area contributed by atoms with Crippen LogP contribution in [0.15, 0.2) is 24.3 Å². The third-order valence-electron chi connectivity index (χ3n) is 3.28. The standard InChI is InChI=1S/C14H19NO4/c1-2-10-4-3-5-11(6-10)19-9-14(18)15-7-12(16)13(17)8-15/h3-6,12-13,16-17H,2,7-9H2,1H3. The van der Waals surface area contributed by atoms with E-state index in [0.717, 1.165) is 12.0 Å². The predicted molar refractivity (Wildman–Crippen MR) is 69.9 cm³/mol. The molecule has 2 unspecified atom stereocenters. The molecular formula is C14H19NO4. The van der Waals surface area contributed by atoms with E-state index < -0.39 is 12.2 Å². The lowest BCUT2D eigenvalue weighted by molar-refractivity contribution is -0.132. The topological polar surface area (TPSA) is 70.0 Å². The Morgan fingerprint density at radius 2 is 2.05 bits per heavy atom.